The summed E-state index contributed by atoms with van der Waals surface area (Å²) in [5, 5.41) is 27.6. The number of aliphatic hydroxyl groups excluding tert-OH is 1. The van der Waals surface area contributed by atoms with Gasteiger partial charge in [0, 0.05) is 17.1 Å². The van der Waals surface area contributed by atoms with Crippen molar-refractivity contribution in [3.05, 3.63) is 36.0 Å². The van der Waals surface area contributed by atoms with Gasteiger partial charge in [0.05, 0.1) is 12.6 Å². The van der Waals surface area contributed by atoms with Gasteiger partial charge in [0.25, 0.3) is 0 Å². The molecule has 1 aromatic heterocycles. The minimum absolute atomic E-state index is 0.208. The van der Waals surface area contributed by atoms with Crippen molar-refractivity contribution in [2.24, 2.45) is 11.7 Å². The highest BCUT2D eigenvalue weighted by atomic mass is 32.2. The molecule has 12 heteroatoms. The number of hydrogen-bond acceptors (Lipinski definition) is 7. The number of carbonyl (C=O) groups excluding carboxylic acids is 3. The molecule has 1 aromatic carbocycles. The monoisotopic (exact) mass is 535 g/mol. The Balaban J connectivity index is 2.05. The summed E-state index contributed by atoms with van der Waals surface area (Å²) in [6, 6.07) is 3.10. The lowest BCUT2D eigenvalue weighted by molar-refractivity contribution is -0.142. The standard InChI is InChI=1S/C25H37N5O6S/c1-4-14(2)21(24(34)28-19(25(35)36)9-10-37-3)30-23(33)20(13-31)29-22(32)17(26)11-15-12-27-18-8-6-5-7-16(15)18/h5-8,12,14,17,19-21,27,31H,4,9-11,13,26H2,1-3H3,(H,28,34)(H,29,32)(H,30,33)(H,35,36). The van der Waals surface area contributed by atoms with Gasteiger partial charge >= 0.3 is 5.97 Å². The van der Waals surface area contributed by atoms with E-state index < -0.39 is 54.5 Å². The number of nitrogens with two attached hydrogens (primary N) is 1. The van der Waals surface area contributed by atoms with E-state index >= 15 is 0 Å². The quantitative estimate of drug-likeness (QED) is 0.170. The summed E-state index contributed by atoms with van der Waals surface area (Å²) in [4.78, 5) is 53.2. The van der Waals surface area contributed by atoms with Crippen molar-refractivity contribution in [2.75, 3.05) is 18.6 Å². The summed E-state index contributed by atoms with van der Waals surface area (Å²) in [5.41, 5.74) is 7.83. The number of aliphatic hydroxyl groups is 1. The number of rotatable bonds is 15. The summed E-state index contributed by atoms with van der Waals surface area (Å²) in [6.07, 6.45) is 4.56. The smallest absolute Gasteiger partial charge is 0.326 e. The fourth-order valence-corrected chi connectivity index (χ4v) is 4.28. The van der Waals surface area contributed by atoms with Gasteiger partial charge in [0.15, 0.2) is 0 Å². The van der Waals surface area contributed by atoms with E-state index in [2.05, 4.69) is 20.9 Å². The zero-order valence-electron chi connectivity index (χ0n) is 21.3. The second kappa shape index (κ2) is 14.6. The molecule has 37 heavy (non-hydrogen) atoms. The number of amides is 3. The average molecular weight is 536 g/mol. The van der Waals surface area contributed by atoms with Crippen molar-refractivity contribution < 1.29 is 29.4 Å². The molecule has 0 saturated heterocycles. The van der Waals surface area contributed by atoms with Crippen LogP contribution in [0, 0.1) is 5.92 Å². The molecule has 11 nitrogen and oxygen atoms in total. The van der Waals surface area contributed by atoms with Crippen molar-refractivity contribution in [3.63, 3.8) is 0 Å². The first-order valence-electron chi connectivity index (χ1n) is 12.2. The summed E-state index contributed by atoms with van der Waals surface area (Å²) in [5.74, 6) is -3.01. The van der Waals surface area contributed by atoms with E-state index in [0.717, 1.165) is 16.5 Å². The molecule has 0 bridgehead atoms. The van der Waals surface area contributed by atoms with Crippen molar-refractivity contribution in [1.82, 2.24) is 20.9 Å². The van der Waals surface area contributed by atoms with Crippen molar-refractivity contribution in [1.29, 1.82) is 0 Å². The lowest BCUT2D eigenvalue weighted by Crippen LogP contribution is -2.59. The van der Waals surface area contributed by atoms with Gasteiger partial charge in [-0.15, -0.1) is 0 Å². The Morgan fingerprint density at radius 3 is 2.35 bits per heavy atom. The van der Waals surface area contributed by atoms with E-state index in [9.17, 15) is 29.4 Å². The van der Waals surface area contributed by atoms with Gasteiger partial charge in [0.1, 0.15) is 18.1 Å². The van der Waals surface area contributed by atoms with Gasteiger partial charge in [0.2, 0.25) is 17.7 Å². The zero-order chi connectivity index (χ0) is 27.5. The number of carbonyl (C=O) groups is 4. The number of aliphatic carboxylic acids is 1. The molecule has 5 unspecified atom stereocenters. The SMILES string of the molecule is CCC(C)C(NC(=O)C(CO)NC(=O)C(N)Cc1c[nH]c2ccccc12)C(=O)NC(CCSC)C(=O)O. The lowest BCUT2D eigenvalue weighted by atomic mass is 9.97. The Bertz CT molecular complexity index is 1080. The molecule has 2 aromatic rings. The molecule has 0 fully saturated rings. The van der Waals surface area contributed by atoms with E-state index in [1.807, 2.05) is 37.4 Å². The van der Waals surface area contributed by atoms with E-state index in [4.69, 9.17) is 5.73 Å². The van der Waals surface area contributed by atoms with E-state index in [0.29, 0.717) is 12.2 Å². The Morgan fingerprint density at radius 2 is 1.73 bits per heavy atom. The highest BCUT2D eigenvalue weighted by Gasteiger charge is 2.32. The summed E-state index contributed by atoms with van der Waals surface area (Å²) in [7, 11) is 0. The first kappa shape index (κ1) is 30.1. The van der Waals surface area contributed by atoms with Crippen LogP contribution in [0.4, 0.5) is 0 Å². The second-order valence-corrected chi connectivity index (χ2v) is 9.95. The first-order valence-corrected chi connectivity index (χ1v) is 13.6. The van der Waals surface area contributed by atoms with Crippen LogP contribution >= 0.6 is 11.8 Å². The first-order chi connectivity index (χ1) is 17.6. The molecule has 0 saturated carbocycles. The summed E-state index contributed by atoms with van der Waals surface area (Å²) >= 11 is 1.46. The summed E-state index contributed by atoms with van der Waals surface area (Å²) in [6.45, 7) is 2.86. The van der Waals surface area contributed by atoms with Crippen molar-refractivity contribution >= 4 is 46.4 Å². The number of aromatic nitrogens is 1. The third-order valence-corrected chi connectivity index (χ3v) is 6.93. The number of fused-ring (bicyclic) bond motifs is 1. The second-order valence-electron chi connectivity index (χ2n) is 8.97. The molecule has 0 aliphatic rings. The molecule has 1 heterocycles. The molecular formula is C25H37N5O6S. The van der Waals surface area contributed by atoms with Gasteiger partial charge < -0.3 is 36.9 Å². The zero-order valence-corrected chi connectivity index (χ0v) is 22.1. The number of aromatic amines is 1. The van der Waals surface area contributed by atoms with Crippen molar-refractivity contribution in [2.45, 2.75) is 57.3 Å². The number of para-hydroxylation sites is 1. The Hall–Kier alpha value is -3.09. The number of benzene rings is 1. The molecule has 0 radical (unpaired) electrons. The van der Waals surface area contributed by atoms with Crippen molar-refractivity contribution in [3.8, 4) is 0 Å². The highest BCUT2D eigenvalue weighted by molar-refractivity contribution is 7.98. The Labute approximate surface area is 220 Å². The molecule has 5 atom stereocenters. The van der Waals surface area contributed by atoms with Crippen LogP contribution in [0.1, 0.15) is 32.3 Å². The minimum Gasteiger partial charge on any atom is -0.480 e. The van der Waals surface area contributed by atoms with Crippen LogP contribution in [-0.4, -0.2) is 81.7 Å². The third-order valence-electron chi connectivity index (χ3n) is 6.29. The van der Waals surface area contributed by atoms with Gasteiger partial charge in [-0.3, -0.25) is 14.4 Å². The molecule has 204 valence electrons. The van der Waals surface area contributed by atoms with Crippen LogP contribution in [0.25, 0.3) is 10.9 Å². The number of carboxylic acid groups (broad SMARTS) is 1. The Kier molecular flexibility index (Phi) is 11.9. The van der Waals surface area contributed by atoms with Crippen LogP contribution in [0.5, 0.6) is 0 Å². The van der Waals surface area contributed by atoms with Crippen LogP contribution in [0.15, 0.2) is 30.5 Å². The normalized spacial score (nSPS) is 15.3. The van der Waals surface area contributed by atoms with Crippen LogP contribution in [0.3, 0.4) is 0 Å². The fraction of sp³-hybridized carbons (Fsp3) is 0.520. The molecule has 8 N–H and O–H groups in total. The maximum atomic E-state index is 12.9. The Morgan fingerprint density at radius 1 is 1.05 bits per heavy atom. The fourth-order valence-electron chi connectivity index (χ4n) is 3.81. The van der Waals surface area contributed by atoms with Gasteiger partial charge in [-0.2, -0.15) is 11.8 Å². The highest BCUT2D eigenvalue weighted by Crippen LogP contribution is 2.19. The molecular weight excluding hydrogens is 498 g/mol. The van der Waals surface area contributed by atoms with Crippen LogP contribution in [0.2, 0.25) is 0 Å². The predicted molar refractivity (Wildman–Crippen MR) is 143 cm³/mol. The molecule has 3 amide bonds. The molecule has 2 rings (SSSR count). The maximum Gasteiger partial charge on any atom is 0.326 e. The maximum absolute atomic E-state index is 12.9. The largest absolute Gasteiger partial charge is 0.480 e. The average Bonchev–Trinajstić information content (AvgIpc) is 3.29. The number of carboxylic acids is 1. The van der Waals surface area contributed by atoms with E-state index in [1.165, 1.54) is 11.8 Å². The molecule has 0 aliphatic carbocycles. The molecule has 0 spiro atoms. The summed E-state index contributed by atoms with van der Waals surface area (Å²) < 4.78 is 0. The number of thioether (sulfide) groups is 1. The number of nitrogens with one attached hydrogen (secondary N) is 4. The van der Waals surface area contributed by atoms with E-state index in [-0.39, 0.29) is 18.8 Å². The van der Waals surface area contributed by atoms with E-state index in [1.54, 1.807) is 13.1 Å². The number of hydrogen-bond donors (Lipinski definition) is 7. The van der Waals surface area contributed by atoms with Crippen LogP contribution < -0.4 is 21.7 Å². The molecule has 0 aliphatic heterocycles. The topological polar surface area (TPSA) is 187 Å². The van der Waals surface area contributed by atoms with Gasteiger partial charge in [-0.05, 0) is 42.4 Å². The predicted octanol–water partition coefficient (Wildman–Crippen LogP) is 0.368. The number of H-pyrrole nitrogens is 1. The minimum atomic E-state index is -1.34. The lowest BCUT2D eigenvalue weighted by Gasteiger charge is -2.27. The van der Waals surface area contributed by atoms with Gasteiger partial charge in [-0.25, -0.2) is 4.79 Å². The van der Waals surface area contributed by atoms with Crippen LogP contribution in [-0.2, 0) is 25.6 Å². The third kappa shape index (κ3) is 8.48. The van der Waals surface area contributed by atoms with Gasteiger partial charge in [-0.1, -0.05) is 38.5 Å².